The van der Waals surface area contributed by atoms with Gasteiger partial charge in [0.2, 0.25) is 5.91 Å². The highest BCUT2D eigenvalue weighted by atomic mass is 32.1. The molecular formula is C26H27F3N4O2S. The first-order valence-corrected chi connectivity index (χ1v) is 12.3. The summed E-state index contributed by atoms with van der Waals surface area (Å²) in [6.45, 7) is 0. The maximum absolute atomic E-state index is 13.6. The summed E-state index contributed by atoms with van der Waals surface area (Å²) in [4.78, 5) is 30.0. The highest BCUT2D eigenvalue weighted by Crippen LogP contribution is 2.48. The Hall–Kier alpha value is -3.19. The van der Waals surface area contributed by atoms with E-state index < -0.39 is 35.3 Å². The standard InChI is InChI=1S/C26H27F3N4O2S/c1-31(2)22(34)6-3-5-17-7-10-19(11-8-17)33-24(36)32(23(35)25(33)13-4-14-25)20-12-9-18(16-30)21(15-20)26(27,28)29/h7-12,20H,3-6,13-15H2,1-2H3. The smallest absolute Gasteiger partial charge is 0.349 e. The summed E-state index contributed by atoms with van der Waals surface area (Å²) in [5, 5.41) is 9.32. The number of nitriles is 1. The van der Waals surface area contributed by atoms with Crippen molar-refractivity contribution in [3.63, 3.8) is 0 Å². The Balaban J connectivity index is 1.55. The van der Waals surface area contributed by atoms with Crippen molar-refractivity contribution in [2.45, 2.75) is 62.7 Å². The number of halogens is 3. The second-order valence-corrected chi connectivity index (χ2v) is 9.98. The molecule has 0 radical (unpaired) electrons. The van der Waals surface area contributed by atoms with Crippen molar-refractivity contribution < 1.29 is 22.8 Å². The Morgan fingerprint density at radius 1 is 1.25 bits per heavy atom. The quantitative estimate of drug-likeness (QED) is 0.515. The summed E-state index contributed by atoms with van der Waals surface area (Å²) in [6, 6.07) is 8.31. The van der Waals surface area contributed by atoms with Crippen molar-refractivity contribution in [3.8, 4) is 6.07 Å². The van der Waals surface area contributed by atoms with Gasteiger partial charge >= 0.3 is 6.18 Å². The highest BCUT2D eigenvalue weighted by Gasteiger charge is 2.60. The first-order valence-electron chi connectivity index (χ1n) is 11.8. The molecule has 1 aromatic carbocycles. The maximum atomic E-state index is 13.6. The second-order valence-electron chi connectivity index (χ2n) is 9.62. The first kappa shape index (κ1) is 25.9. The van der Waals surface area contributed by atoms with Crippen LogP contribution in [0.25, 0.3) is 0 Å². The molecule has 2 fully saturated rings. The third kappa shape index (κ3) is 4.52. The molecule has 190 valence electrons. The number of carbonyl (C=O) groups is 2. The summed E-state index contributed by atoms with van der Waals surface area (Å²) < 4.78 is 40.8. The van der Waals surface area contributed by atoms with Gasteiger partial charge in [0.05, 0.1) is 23.3 Å². The zero-order valence-electron chi connectivity index (χ0n) is 20.1. The van der Waals surface area contributed by atoms with Gasteiger partial charge in [-0.3, -0.25) is 14.5 Å². The molecule has 10 heteroatoms. The number of rotatable bonds is 6. The average molecular weight is 517 g/mol. The van der Waals surface area contributed by atoms with E-state index in [1.807, 2.05) is 24.3 Å². The lowest BCUT2D eigenvalue weighted by Crippen LogP contribution is -2.55. The molecule has 3 aliphatic rings. The number of carbonyl (C=O) groups excluding carboxylic acids is 2. The van der Waals surface area contributed by atoms with E-state index in [-0.39, 0.29) is 16.9 Å². The van der Waals surface area contributed by atoms with Crippen LogP contribution in [0.3, 0.4) is 0 Å². The Morgan fingerprint density at radius 2 is 1.92 bits per heavy atom. The molecule has 1 unspecified atom stereocenters. The topological polar surface area (TPSA) is 67.7 Å². The predicted octanol–water partition coefficient (Wildman–Crippen LogP) is 4.66. The molecule has 1 aliphatic heterocycles. The molecule has 0 bridgehead atoms. The van der Waals surface area contributed by atoms with Crippen molar-refractivity contribution in [2.24, 2.45) is 0 Å². The Bertz CT molecular complexity index is 1180. The normalized spacial score (nSPS) is 21.2. The molecular weight excluding hydrogens is 489 g/mol. The van der Waals surface area contributed by atoms with Gasteiger partial charge < -0.3 is 9.80 Å². The minimum Gasteiger partial charge on any atom is -0.349 e. The van der Waals surface area contributed by atoms with Gasteiger partial charge in [-0.25, -0.2) is 0 Å². The van der Waals surface area contributed by atoms with Gasteiger partial charge in [0.1, 0.15) is 5.54 Å². The summed E-state index contributed by atoms with van der Waals surface area (Å²) in [5.74, 6) is -0.219. The Labute approximate surface area is 213 Å². The average Bonchev–Trinajstić information content (AvgIpc) is 3.05. The first-order chi connectivity index (χ1) is 17.0. The molecule has 36 heavy (non-hydrogen) atoms. The number of alkyl halides is 3. The van der Waals surface area contributed by atoms with Crippen LogP contribution in [0.2, 0.25) is 0 Å². The van der Waals surface area contributed by atoms with Crippen molar-refractivity contribution in [3.05, 3.63) is 53.1 Å². The van der Waals surface area contributed by atoms with E-state index >= 15 is 0 Å². The Morgan fingerprint density at radius 3 is 2.44 bits per heavy atom. The summed E-state index contributed by atoms with van der Waals surface area (Å²) in [7, 11) is 3.45. The molecule has 2 amide bonds. The number of aryl methyl sites for hydroxylation is 1. The molecule has 2 aliphatic carbocycles. The maximum Gasteiger partial charge on any atom is 0.414 e. The van der Waals surface area contributed by atoms with E-state index in [9.17, 15) is 22.8 Å². The SMILES string of the molecule is CN(C)C(=O)CCCc1ccc(N2C(=S)N(C3C=CC(C#N)=C(C(F)(F)F)C3)C(=O)C23CCC3)cc1. The van der Waals surface area contributed by atoms with E-state index in [1.54, 1.807) is 30.0 Å². The molecule has 1 saturated carbocycles. The lowest BCUT2D eigenvalue weighted by atomic mass is 9.75. The number of nitrogens with zero attached hydrogens (tertiary/aromatic N) is 4. The zero-order chi connectivity index (χ0) is 26.3. The molecule has 4 rings (SSSR count). The van der Waals surface area contributed by atoms with Crippen LogP contribution < -0.4 is 4.90 Å². The van der Waals surface area contributed by atoms with Gasteiger partial charge in [0.25, 0.3) is 5.91 Å². The fraction of sp³-hybridized carbons (Fsp3) is 0.462. The molecule has 1 saturated heterocycles. The monoisotopic (exact) mass is 516 g/mol. The second kappa shape index (κ2) is 9.69. The predicted molar refractivity (Wildman–Crippen MR) is 133 cm³/mol. The fourth-order valence-electron chi connectivity index (χ4n) is 5.02. The highest BCUT2D eigenvalue weighted by molar-refractivity contribution is 7.80. The van der Waals surface area contributed by atoms with Crippen LogP contribution in [0.4, 0.5) is 18.9 Å². The number of hydrogen-bond acceptors (Lipinski definition) is 4. The molecule has 1 aromatic rings. The molecule has 0 aromatic heterocycles. The lowest BCUT2D eigenvalue weighted by Gasteiger charge is -2.43. The van der Waals surface area contributed by atoms with Crippen LogP contribution in [-0.4, -0.2) is 58.6 Å². The summed E-state index contributed by atoms with van der Waals surface area (Å²) >= 11 is 5.69. The summed E-state index contributed by atoms with van der Waals surface area (Å²) in [6.07, 6.45) is 1.27. The molecule has 1 spiro atoms. The summed E-state index contributed by atoms with van der Waals surface area (Å²) in [5.41, 5.74) is -0.503. The minimum atomic E-state index is -4.67. The van der Waals surface area contributed by atoms with Gasteiger partial charge in [-0.1, -0.05) is 18.2 Å². The molecule has 6 nitrogen and oxygen atoms in total. The number of allylic oxidation sites excluding steroid dienone is 2. The van der Waals surface area contributed by atoms with Crippen LogP contribution >= 0.6 is 12.2 Å². The number of hydrogen-bond donors (Lipinski definition) is 0. The third-order valence-corrected chi connectivity index (χ3v) is 7.57. The van der Waals surface area contributed by atoms with E-state index in [0.717, 1.165) is 24.5 Å². The van der Waals surface area contributed by atoms with Crippen LogP contribution in [0.15, 0.2) is 47.6 Å². The van der Waals surface area contributed by atoms with Crippen LogP contribution in [0.1, 0.15) is 44.1 Å². The van der Waals surface area contributed by atoms with E-state index in [2.05, 4.69) is 0 Å². The van der Waals surface area contributed by atoms with Crippen molar-refractivity contribution in [1.82, 2.24) is 9.80 Å². The van der Waals surface area contributed by atoms with Gasteiger partial charge in [0.15, 0.2) is 5.11 Å². The van der Waals surface area contributed by atoms with Crippen molar-refractivity contribution in [1.29, 1.82) is 5.26 Å². The largest absolute Gasteiger partial charge is 0.414 e. The van der Waals surface area contributed by atoms with Crippen LogP contribution in [0, 0.1) is 11.3 Å². The van der Waals surface area contributed by atoms with E-state index in [1.165, 1.54) is 11.0 Å². The van der Waals surface area contributed by atoms with Gasteiger partial charge in [-0.05, 0) is 68.1 Å². The van der Waals surface area contributed by atoms with Gasteiger partial charge in [-0.15, -0.1) is 0 Å². The molecule has 1 atom stereocenters. The van der Waals surface area contributed by atoms with Crippen molar-refractivity contribution in [2.75, 3.05) is 19.0 Å². The van der Waals surface area contributed by atoms with Crippen LogP contribution in [0.5, 0.6) is 0 Å². The molecule has 1 heterocycles. The lowest BCUT2D eigenvalue weighted by molar-refractivity contribution is -0.134. The minimum absolute atomic E-state index is 0.0711. The van der Waals surface area contributed by atoms with Crippen LogP contribution in [-0.2, 0) is 16.0 Å². The fourth-order valence-corrected chi connectivity index (χ4v) is 5.52. The van der Waals surface area contributed by atoms with Gasteiger partial charge in [-0.2, -0.15) is 18.4 Å². The molecule has 0 N–H and O–H groups in total. The number of thiocarbonyl (C=S) groups is 1. The van der Waals surface area contributed by atoms with E-state index in [4.69, 9.17) is 17.5 Å². The third-order valence-electron chi connectivity index (χ3n) is 7.19. The Kier molecular flexibility index (Phi) is 6.97. The number of benzene rings is 1. The van der Waals surface area contributed by atoms with Crippen molar-refractivity contribution >= 4 is 34.8 Å². The zero-order valence-corrected chi connectivity index (χ0v) is 21.0. The number of amides is 2. The van der Waals surface area contributed by atoms with Gasteiger partial charge in [0, 0.05) is 32.6 Å². The number of anilines is 1. The van der Waals surface area contributed by atoms with E-state index in [0.29, 0.717) is 31.4 Å².